The highest BCUT2D eigenvalue weighted by atomic mass is 16.2. The van der Waals surface area contributed by atoms with E-state index in [1.54, 1.807) is 12.3 Å². The van der Waals surface area contributed by atoms with E-state index in [0.29, 0.717) is 5.56 Å². The Morgan fingerprint density at radius 3 is 2.75 bits per heavy atom. The van der Waals surface area contributed by atoms with Crippen LogP contribution in [-0.2, 0) is 0 Å². The molecule has 1 aromatic carbocycles. The van der Waals surface area contributed by atoms with Gasteiger partial charge in [-0.05, 0) is 32.9 Å². The fourth-order valence-corrected chi connectivity index (χ4v) is 1.94. The van der Waals surface area contributed by atoms with E-state index in [1.165, 1.54) is 4.91 Å². The van der Waals surface area contributed by atoms with Crippen LogP contribution in [0.4, 0.5) is 5.82 Å². The molecule has 106 valence electrons. The molecule has 2 rings (SSSR count). The van der Waals surface area contributed by atoms with Crippen LogP contribution in [0.2, 0.25) is 0 Å². The van der Waals surface area contributed by atoms with Gasteiger partial charge in [-0.2, -0.15) is 0 Å². The molecule has 1 amide bonds. The Balaban J connectivity index is 2.09. The normalized spacial score (nSPS) is 10.3. The van der Waals surface area contributed by atoms with E-state index in [4.69, 9.17) is 0 Å². The van der Waals surface area contributed by atoms with Gasteiger partial charge in [-0.3, -0.25) is 4.79 Å². The first-order chi connectivity index (χ1) is 9.63. The first-order valence-electron chi connectivity index (χ1n) is 6.69. The minimum atomic E-state index is -0.226. The minimum absolute atomic E-state index is 0.226. The van der Waals surface area contributed by atoms with Crippen molar-refractivity contribution < 1.29 is 4.79 Å². The van der Waals surface area contributed by atoms with E-state index in [-0.39, 0.29) is 5.91 Å². The van der Waals surface area contributed by atoms with Gasteiger partial charge in [0.25, 0.3) is 5.91 Å². The van der Waals surface area contributed by atoms with Crippen LogP contribution in [0.1, 0.15) is 29.8 Å². The number of carbonyl (C=O) groups excluding carboxylic acids is 1. The molecule has 0 bridgehead atoms. The van der Waals surface area contributed by atoms with Crippen LogP contribution in [0, 0.1) is 6.92 Å². The maximum Gasteiger partial charge on any atom is 0.272 e. The van der Waals surface area contributed by atoms with Crippen molar-refractivity contribution in [1.82, 2.24) is 15.1 Å². The number of nitrogens with zero attached hydrogens (tertiary/aromatic N) is 4. The van der Waals surface area contributed by atoms with Crippen molar-refractivity contribution in [2.75, 3.05) is 23.4 Å². The maximum absolute atomic E-state index is 12.1. The summed E-state index contributed by atoms with van der Waals surface area (Å²) in [4.78, 5) is 15.3. The summed E-state index contributed by atoms with van der Waals surface area (Å²) in [6, 6.07) is 7.38. The highest BCUT2D eigenvalue weighted by Crippen LogP contribution is 2.07. The number of anilines is 1. The number of nitrogens with one attached hydrogen (secondary N) is 1. The van der Waals surface area contributed by atoms with Gasteiger partial charge < -0.3 is 4.90 Å². The summed E-state index contributed by atoms with van der Waals surface area (Å²) < 4.78 is 0. The fourth-order valence-electron chi connectivity index (χ4n) is 1.94. The highest BCUT2D eigenvalue weighted by Gasteiger charge is 2.10. The van der Waals surface area contributed by atoms with E-state index >= 15 is 0 Å². The van der Waals surface area contributed by atoms with Gasteiger partial charge in [-0.15, -0.1) is 10.2 Å². The summed E-state index contributed by atoms with van der Waals surface area (Å²) in [5.41, 5.74) is 4.26. The number of carbonyl (C=O) groups is 1. The zero-order valence-corrected chi connectivity index (χ0v) is 12.0. The van der Waals surface area contributed by atoms with E-state index < -0.39 is 0 Å². The molecule has 0 saturated heterocycles. The van der Waals surface area contributed by atoms with Crippen molar-refractivity contribution >= 4 is 11.7 Å². The Bertz CT molecular complexity index is 589. The van der Waals surface area contributed by atoms with Crippen molar-refractivity contribution in [1.29, 1.82) is 0 Å². The van der Waals surface area contributed by atoms with E-state index in [0.717, 1.165) is 24.5 Å². The topological polar surface area (TPSA) is 63.1 Å². The van der Waals surface area contributed by atoms with Crippen molar-refractivity contribution in [3.05, 3.63) is 41.6 Å². The van der Waals surface area contributed by atoms with E-state index in [9.17, 15) is 4.79 Å². The van der Waals surface area contributed by atoms with E-state index in [2.05, 4.69) is 20.5 Å². The highest BCUT2D eigenvalue weighted by molar-refractivity contribution is 5.99. The molecule has 6 nitrogen and oxygen atoms in total. The maximum atomic E-state index is 12.1. The first kappa shape index (κ1) is 14.0. The Morgan fingerprint density at radius 2 is 2.10 bits per heavy atom. The Hall–Kier alpha value is -2.37. The van der Waals surface area contributed by atoms with Gasteiger partial charge in [-0.25, -0.2) is 5.43 Å². The minimum Gasteiger partial charge on any atom is -0.354 e. The molecule has 0 fully saturated rings. The number of aryl methyl sites for hydroxylation is 1. The van der Waals surface area contributed by atoms with Crippen LogP contribution in [0.3, 0.4) is 0 Å². The van der Waals surface area contributed by atoms with Crippen molar-refractivity contribution in [2.24, 2.45) is 0 Å². The quantitative estimate of drug-likeness (QED) is 0.902. The number of hydrogen-bond acceptors (Lipinski definition) is 4. The summed E-state index contributed by atoms with van der Waals surface area (Å²) in [7, 11) is 0. The van der Waals surface area contributed by atoms with Gasteiger partial charge in [0.05, 0.1) is 6.20 Å². The van der Waals surface area contributed by atoms with Gasteiger partial charge >= 0.3 is 0 Å². The number of benzene rings is 1. The molecule has 0 atom stereocenters. The predicted octanol–water partition coefficient (Wildman–Crippen LogP) is 1.82. The monoisotopic (exact) mass is 273 g/mol. The third-order valence-electron chi connectivity index (χ3n) is 3.05. The van der Waals surface area contributed by atoms with Gasteiger partial charge in [0.2, 0.25) is 0 Å². The largest absolute Gasteiger partial charge is 0.354 e. The Morgan fingerprint density at radius 1 is 1.35 bits per heavy atom. The molecule has 0 aliphatic rings. The van der Waals surface area contributed by atoms with Crippen LogP contribution in [0.25, 0.3) is 0 Å². The molecule has 2 aromatic rings. The average Bonchev–Trinajstić information content (AvgIpc) is 2.88. The lowest BCUT2D eigenvalue weighted by Crippen LogP contribution is -2.26. The molecule has 0 radical (unpaired) electrons. The zero-order valence-electron chi connectivity index (χ0n) is 12.0. The van der Waals surface area contributed by atoms with Gasteiger partial charge in [0.15, 0.2) is 5.82 Å². The smallest absolute Gasteiger partial charge is 0.272 e. The molecule has 1 heterocycles. The summed E-state index contributed by atoms with van der Waals surface area (Å²) in [6.45, 7) is 7.74. The van der Waals surface area contributed by atoms with Crippen LogP contribution in [0.5, 0.6) is 0 Å². The number of rotatable bonds is 5. The van der Waals surface area contributed by atoms with Crippen molar-refractivity contribution in [2.45, 2.75) is 20.8 Å². The Kier molecular flexibility index (Phi) is 4.34. The molecule has 1 N–H and O–H groups in total. The third-order valence-corrected chi connectivity index (χ3v) is 3.05. The molecular weight excluding hydrogens is 254 g/mol. The molecule has 0 aliphatic heterocycles. The molecule has 0 aliphatic carbocycles. The van der Waals surface area contributed by atoms with Crippen molar-refractivity contribution in [3.8, 4) is 0 Å². The van der Waals surface area contributed by atoms with Crippen LogP contribution >= 0.6 is 0 Å². The lowest BCUT2D eigenvalue weighted by atomic mass is 10.1. The van der Waals surface area contributed by atoms with Crippen molar-refractivity contribution in [3.63, 3.8) is 0 Å². The average molecular weight is 273 g/mol. The summed E-state index contributed by atoms with van der Waals surface area (Å²) in [6.07, 6.45) is 1.64. The molecular formula is C14H19N5O. The van der Waals surface area contributed by atoms with Gasteiger partial charge in [0, 0.05) is 18.7 Å². The van der Waals surface area contributed by atoms with Crippen LogP contribution in [0.15, 0.2) is 30.5 Å². The first-order valence-corrected chi connectivity index (χ1v) is 6.69. The molecule has 1 aromatic heterocycles. The number of aromatic nitrogens is 3. The van der Waals surface area contributed by atoms with Gasteiger partial charge in [0.1, 0.15) is 0 Å². The molecule has 0 spiro atoms. The second-order valence-corrected chi connectivity index (χ2v) is 4.47. The predicted molar refractivity (Wildman–Crippen MR) is 78.5 cm³/mol. The molecule has 0 unspecified atom stereocenters. The Labute approximate surface area is 118 Å². The van der Waals surface area contributed by atoms with E-state index in [1.807, 2.05) is 39.0 Å². The molecule has 6 heteroatoms. The van der Waals surface area contributed by atoms with Crippen LogP contribution in [-0.4, -0.2) is 34.1 Å². The lowest BCUT2D eigenvalue weighted by Gasteiger charge is -2.16. The number of amides is 1. The third kappa shape index (κ3) is 3.14. The zero-order chi connectivity index (χ0) is 14.5. The van der Waals surface area contributed by atoms with Crippen LogP contribution < -0.4 is 10.3 Å². The summed E-state index contributed by atoms with van der Waals surface area (Å²) in [5, 5.41) is 8.29. The molecule has 20 heavy (non-hydrogen) atoms. The standard InChI is InChI=1S/C14H19N5O/c1-4-18(5-2)13-10-15-19(16-13)17-14(20)12-8-6-7-11(3)9-12/h6-10H,4-5H2,1-3H3,(H,17,20). The second-order valence-electron chi connectivity index (χ2n) is 4.47. The second kappa shape index (κ2) is 6.18. The molecule has 0 saturated carbocycles. The summed E-state index contributed by atoms with van der Waals surface area (Å²) >= 11 is 0. The summed E-state index contributed by atoms with van der Waals surface area (Å²) in [5.74, 6) is 0.523. The lowest BCUT2D eigenvalue weighted by molar-refractivity contribution is 0.100. The SMILES string of the molecule is CCN(CC)c1cnn(NC(=O)c2cccc(C)c2)n1. The van der Waals surface area contributed by atoms with Gasteiger partial charge in [-0.1, -0.05) is 22.6 Å². The number of hydrogen-bond donors (Lipinski definition) is 1. The fraction of sp³-hybridized carbons (Fsp3) is 0.357.